The summed E-state index contributed by atoms with van der Waals surface area (Å²) in [5.41, 5.74) is 0.630. The third kappa shape index (κ3) is 4.52. The van der Waals surface area contributed by atoms with E-state index in [1.54, 1.807) is 12.1 Å². The monoisotopic (exact) mass is 295 g/mol. The molecule has 0 atom stereocenters. The summed E-state index contributed by atoms with van der Waals surface area (Å²) in [7, 11) is 0. The van der Waals surface area contributed by atoms with E-state index in [4.69, 9.17) is 9.94 Å². The van der Waals surface area contributed by atoms with Gasteiger partial charge in [-0.1, -0.05) is 17.3 Å². The van der Waals surface area contributed by atoms with Gasteiger partial charge in [-0.3, -0.25) is 0 Å². The second kappa shape index (κ2) is 6.30. The Morgan fingerprint density at radius 1 is 1.00 bits per heavy atom. The number of hydrogen-bond acceptors (Lipinski definition) is 3. The number of benzene rings is 2. The molecule has 3 nitrogen and oxygen atoms in total. The van der Waals surface area contributed by atoms with E-state index in [0.717, 1.165) is 17.7 Å². The van der Waals surface area contributed by atoms with Gasteiger partial charge in [0.2, 0.25) is 0 Å². The second-order valence-corrected chi connectivity index (χ2v) is 4.29. The highest BCUT2D eigenvalue weighted by molar-refractivity contribution is 5.79. The molecular weight excluding hydrogens is 283 g/mol. The molecule has 2 rings (SSSR count). The number of aromatic hydroxyl groups is 1. The Labute approximate surface area is 119 Å². The Balaban J connectivity index is 1.87. The van der Waals surface area contributed by atoms with Crippen LogP contribution >= 0.6 is 0 Å². The van der Waals surface area contributed by atoms with Crippen LogP contribution in [0, 0.1) is 0 Å². The lowest BCUT2D eigenvalue weighted by Crippen LogP contribution is -2.04. The zero-order valence-electron chi connectivity index (χ0n) is 10.8. The van der Waals surface area contributed by atoms with Crippen molar-refractivity contribution < 1.29 is 23.1 Å². The summed E-state index contributed by atoms with van der Waals surface area (Å²) < 4.78 is 37.1. The van der Waals surface area contributed by atoms with Crippen LogP contribution in [0.15, 0.2) is 53.7 Å². The highest BCUT2D eigenvalue weighted by atomic mass is 19.4. The van der Waals surface area contributed by atoms with Crippen LogP contribution in [0.1, 0.15) is 16.7 Å². The van der Waals surface area contributed by atoms with Crippen LogP contribution in [0.25, 0.3) is 0 Å². The molecule has 2 aromatic rings. The Hall–Kier alpha value is -2.50. The number of phenolic OH excluding ortho intramolecular Hbond substituents is 1. The molecule has 0 aromatic heterocycles. The van der Waals surface area contributed by atoms with Crippen LogP contribution in [0.5, 0.6) is 5.75 Å². The Kier molecular flexibility index (Phi) is 4.47. The minimum absolute atomic E-state index is 0.0761. The first-order valence-electron chi connectivity index (χ1n) is 6.05. The molecule has 0 saturated heterocycles. The molecule has 0 aliphatic rings. The topological polar surface area (TPSA) is 41.8 Å². The lowest BCUT2D eigenvalue weighted by atomic mass is 10.1. The van der Waals surface area contributed by atoms with E-state index in [1.165, 1.54) is 30.5 Å². The molecule has 21 heavy (non-hydrogen) atoms. The Morgan fingerprint density at radius 2 is 1.62 bits per heavy atom. The molecule has 0 aliphatic heterocycles. The Morgan fingerprint density at radius 3 is 2.19 bits per heavy atom. The van der Waals surface area contributed by atoms with Crippen molar-refractivity contribution in [3.8, 4) is 5.75 Å². The van der Waals surface area contributed by atoms with E-state index < -0.39 is 11.7 Å². The van der Waals surface area contributed by atoms with Gasteiger partial charge in [0.25, 0.3) is 0 Å². The molecule has 0 spiro atoms. The second-order valence-electron chi connectivity index (χ2n) is 4.29. The average Bonchev–Trinajstić information content (AvgIpc) is 2.45. The quantitative estimate of drug-likeness (QED) is 0.685. The first-order chi connectivity index (χ1) is 9.95. The van der Waals surface area contributed by atoms with Crippen molar-refractivity contribution in [3.63, 3.8) is 0 Å². The molecule has 6 heteroatoms. The molecule has 0 aliphatic carbocycles. The maximum absolute atomic E-state index is 12.4. The van der Waals surface area contributed by atoms with E-state index in [1.807, 2.05) is 0 Å². The molecule has 1 N–H and O–H groups in total. The summed E-state index contributed by atoms with van der Waals surface area (Å²) in [5.74, 6) is 0.151. The number of oxime groups is 1. The molecule has 0 saturated carbocycles. The number of alkyl halides is 3. The molecule has 0 radical (unpaired) electrons. The summed E-state index contributed by atoms with van der Waals surface area (Å²) in [4.78, 5) is 5.01. The average molecular weight is 295 g/mol. The zero-order valence-corrected chi connectivity index (χ0v) is 10.8. The van der Waals surface area contributed by atoms with Gasteiger partial charge < -0.3 is 9.94 Å². The highest BCUT2D eigenvalue weighted by Crippen LogP contribution is 2.29. The van der Waals surface area contributed by atoms with Crippen LogP contribution in [-0.4, -0.2) is 11.3 Å². The molecule has 0 fully saturated rings. The van der Waals surface area contributed by atoms with Crippen LogP contribution in [0.3, 0.4) is 0 Å². The van der Waals surface area contributed by atoms with Crippen molar-refractivity contribution in [2.45, 2.75) is 12.8 Å². The van der Waals surface area contributed by atoms with Gasteiger partial charge in [-0.15, -0.1) is 0 Å². The van der Waals surface area contributed by atoms with Gasteiger partial charge in [0.05, 0.1) is 11.8 Å². The maximum atomic E-state index is 12.4. The molecule has 0 bridgehead atoms. The van der Waals surface area contributed by atoms with Crippen molar-refractivity contribution in [1.29, 1.82) is 0 Å². The van der Waals surface area contributed by atoms with Gasteiger partial charge >= 0.3 is 6.18 Å². The van der Waals surface area contributed by atoms with Gasteiger partial charge in [-0.05, 0) is 47.5 Å². The van der Waals surface area contributed by atoms with Crippen LogP contribution < -0.4 is 0 Å². The first-order valence-corrected chi connectivity index (χ1v) is 6.05. The fourth-order valence-corrected chi connectivity index (χ4v) is 1.56. The van der Waals surface area contributed by atoms with Gasteiger partial charge in [0.1, 0.15) is 12.4 Å². The van der Waals surface area contributed by atoms with Crippen molar-refractivity contribution >= 4 is 6.21 Å². The molecule has 0 heterocycles. The fraction of sp³-hybridized carbons (Fsp3) is 0.133. The lowest BCUT2D eigenvalue weighted by molar-refractivity contribution is -0.137. The largest absolute Gasteiger partial charge is 0.508 e. The van der Waals surface area contributed by atoms with Crippen LogP contribution in [-0.2, 0) is 17.6 Å². The van der Waals surface area contributed by atoms with Gasteiger partial charge in [0.15, 0.2) is 0 Å². The molecule has 0 amide bonds. The van der Waals surface area contributed by atoms with Gasteiger partial charge in [0, 0.05) is 0 Å². The van der Waals surface area contributed by atoms with Crippen molar-refractivity contribution in [1.82, 2.24) is 0 Å². The highest BCUT2D eigenvalue weighted by Gasteiger charge is 2.29. The third-order valence-corrected chi connectivity index (χ3v) is 2.68. The van der Waals surface area contributed by atoms with Crippen molar-refractivity contribution in [2.75, 3.05) is 0 Å². The smallest absolute Gasteiger partial charge is 0.416 e. The van der Waals surface area contributed by atoms with Crippen molar-refractivity contribution in [2.24, 2.45) is 5.16 Å². The molecule has 0 unspecified atom stereocenters. The summed E-state index contributed by atoms with van der Waals surface area (Å²) in [6.07, 6.45) is -2.89. The van der Waals surface area contributed by atoms with E-state index in [0.29, 0.717) is 5.56 Å². The van der Waals surface area contributed by atoms with E-state index in [9.17, 15) is 13.2 Å². The van der Waals surface area contributed by atoms with Crippen LogP contribution in [0.4, 0.5) is 13.2 Å². The predicted molar refractivity (Wildman–Crippen MR) is 71.9 cm³/mol. The number of rotatable bonds is 4. The summed E-state index contributed by atoms with van der Waals surface area (Å²) in [6, 6.07) is 11.0. The summed E-state index contributed by atoms with van der Waals surface area (Å²) in [6.45, 7) is 0.0761. The van der Waals surface area contributed by atoms with Crippen LogP contribution in [0.2, 0.25) is 0 Å². The number of nitrogens with zero attached hydrogens (tertiary/aromatic N) is 1. The number of phenols is 1. The minimum Gasteiger partial charge on any atom is -0.508 e. The lowest BCUT2D eigenvalue weighted by Gasteiger charge is -2.06. The fourth-order valence-electron chi connectivity index (χ4n) is 1.56. The van der Waals surface area contributed by atoms with Gasteiger partial charge in [-0.2, -0.15) is 13.2 Å². The standard InChI is InChI=1S/C15H12F3NO2/c16-15(17,18)13-5-1-12(2-6-13)10-21-19-9-11-3-7-14(20)8-4-11/h1-9,20H,10H2. The van der Waals surface area contributed by atoms with E-state index in [-0.39, 0.29) is 12.4 Å². The van der Waals surface area contributed by atoms with E-state index in [2.05, 4.69) is 5.16 Å². The third-order valence-electron chi connectivity index (χ3n) is 2.68. The number of hydrogen-bond donors (Lipinski definition) is 1. The van der Waals surface area contributed by atoms with Gasteiger partial charge in [-0.25, -0.2) is 0 Å². The maximum Gasteiger partial charge on any atom is 0.416 e. The molecule has 2 aromatic carbocycles. The summed E-state index contributed by atoms with van der Waals surface area (Å²) >= 11 is 0. The first kappa shape index (κ1) is 14.9. The molecular formula is C15H12F3NO2. The normalized spacial score (nSPS) is 11.8. The Bertz CT molecular complexity index is 604. The van der Waals surface area contributed by atoms with Crippen molar-refractivity contribution in [3.05, 3.63) is 65.2 Å². The number of halogens is 3. The van der Waals surface area contributed by atoms with E-state index >= 15 is 0 Å². The minimum atomic E-state index is -4.34. The SMILES string of the molecule is Oc1ccc(C=NOCc2ccc(C(F)(F)F)cc2)cc1. The molecule has 110 valence electrons. The predicted octanol–water partition coefficient (Wildman–Crippen LogP) is 3.96. The zero-order chi connectivity index (χ0) is 15.3. The summed E-state index contributed by atoms with van der Waals surface area (Å²) in [5, 5.41) is 12.8.